The van der Waals surface area contributed by atoms with Gasteiger partial charge < -0.3 is 9.67 Å². The normalized spacial score (nSPS) is 16.1. The number of aliphatic hydroxyl groups is 1. The van der Waals surface area contributed by atoms with Gasteiger partial charge >= 0.3 is 6.18 Å². The lowest BCUT2D eigenvalue weighted by Crippen LogP contribution is -2.34. The molecule has 0 spiro atoms. The summed E-state index contributed by atoms with van der Waals surface area (Å²) < 4.78 is 46.9. The number of anilines is 1. The van der Waals surface area contributed by atoms with Crippen LogP contribution in [0.3, 0.4) is 0 Å². The summed E-state index contributed by atoms with van der Waals surface area (Å²) in [6.45, 7) is 5.37. The van der Waals surface area contributed by atoms with Gasteiger partial charge in [0.15, 0.2) is 11.2 Å². The Labute approximate surface area is 279 Å². The Morgan fingerprint density at radius 2 is 1.94 bits per heavy atom. The quantitative estimate of drug-likeness (QED) is 0.212. The van der Waals surface area contributed by atoms with Crippen LogP contribution in [0.2, 0.25) is 0 Å². The molecular formula is C35H34F3N7O2S. The standard InChI is InChI=1S/C35H34F3N7O2S/c1-22-26(9-8-23-4-6-24(7-5-23)18-43-14-10-25(20-46)11-15-43)17-28(35(36,37)38)27-19-45(42-30(22)27)32(33(47)41-34-39-12-16-48-34)31-29-3-2-13-44(29)21-40-31/h4-7,12,16-17,19,21,25,32,46H,2-3,10-11,13-15,18,20H2,1H3,(H,39,41,47). The highest BCUT2D eigenvalue weighted by Crippen LogP contribution is 2.38. The van der Waals surface area contributed by atoms with E-state index in [1.807, 2.05) is 28.8 Å². The third-order valence-electron chi connectivity index (χ3n) is 9.27. The molecule has 2 aliphatic rings. The molecule has 248 valence electrons. The van der Waals surface area contributed by atoms with Gasteiger partial charge in [0.25, 0.3) is 5.91 Å². The minimum atomic E-state index is -4.68. The van der Waals surface area contributed by atoms with Gasteiger partial charge in [-0.1, -0.05) is 24.0 Å². The van der Waals surface area contributed by atoms with Crippen molar-refractivity contribution in [2.24, 2.45) is 5.92 Å². The topological polar surface area (TPSA) is 101 Å². The number of carbonyl (C=O) groups is 1. The number of alkyl halides is 3. The van der Waals surface area contributed by atoms with E-state index in [2.05, 4.69) is 37.1 Å². The number of fused-ring (bicyclic) bond motifs is 2. The Balaban J connectivity index is 1.21. The van der Waals surface area contributed by atoms with Gasteiger partial charge in [0.1, 0.15) is 0 Å². The van der Waals surface area contributed by atoms with Gasteiger partial charge in [-0.3, -0.25) is 19.7 Å². The number of benzene rings is 2. The maximum Gasteiger partial charge on any atom is 0.417 e. The average molecular weight is 674 g/mol. The lowest BCUT2D eigenvalue weighted by atomic mass is 9.97. The molecule has 1 fully saturated rings. The molecule has 0 saturated carbocycles. The zero-order valence-corrected chi connectivity index (χ0v) is 27.1. The summed E-state index contributed by atoms with van der Waals surface area (Å²) in [5.74, 6) is 5.88. The molecule has 1 saturated heterocycles. The van der Waals surface area contributed by atoms with E-state index in [-0.39, 0.29) is 23.1 Å². The Kier molecular flexibility index (Phi) is 8.80. The highest BCUT2D eigenvalue weighted by molar-refractivity contribution is 7.13. The van der Waals surface area contributed by atoms with Gasteiger partial charge in [-0.25, -0.2) is 9.97 Å². The lowest BCUT2D eigenvalue weighted by molar-refractivity contribution is -0.136. The van der Waals surface area contributed by atoms with Crippen molar-refractivity contribution in [3.8, 4) is 11.8 Å². The first kappa shape index (κ1) is 32.1. The van der Waals surface area contributed by atoms with E-state index >= 15 is 0 Å². The van der Waals surface area contributed by atoms with Crippen LogP contribution in [0.5, 0.6) is 0 Å². The number of nitrogens with zero attached hydrogens (tertiary/aromatic N) is 6. The van der Waals surface area contributed by atoms with Gasteiger partial charge in [-0.05, 0) is 80.9 Å². The van der Waals surface area contributed by atoms with Crippen molar-refractivity contribution in [1.29, 1.82) is 0 Å². The van der Waals surface area contributed by atoms with Crippen molar-refractivity contribution in [1.82, 2.24) is 29.2 Å². The smallest absolute Gasteiger partial charge is 0.396 e. The Morgan fingerprint density at radius 3 is 2.65 bits per heavy atom. The predicted octanol–water partition coefficient (Wildman–Crippen LogP) is 5.79. The minimum Gasteiger partial charge on any atom is -0.396 e. The third-order valence-corrected chi connectivity index (χ3v) is 9.96. The van der Waals surface area contributed by atoms with Crippen molar-refractivity contribution in [3.63, 3.8) is 0 Å². The van der Waals surface area contributed by atoms with Crippen LogP contribution in [-0.2, 0) is 30.5 Å². The molecule has 1 atom stereocenters. The van der Waals surface area contributed by atoms with Gasteiger partial charge in [0.05, 0.1) is 23.1 Å². The Morgan fingerprint density at radius 1 is 1.15 bits per heavy atom. The first-order valence-corrected chi connectivity index (χ1v) is 16.8. The number of thiazole rings is 1. The number of aromatic nitrogens is 5. The number of imidazole rings is 1. The number of rotatable bonds is 7. The summed E-state index contributed by atoms with van der Waals surface area (Å²) in [7, 11) is 0. The van der Waals surface area contributed by atoms with E-state index in [9.17, 15) is 23.1 Å². The van der Waals surface area contributed by atoms with Crippen LogP contribution in [0, 0.1) is 24.7 Å². The molecule has 5 heterocycles. The molecule has 1 unspecified atom stereocenters. The molecule has 0 radical (unpaired) electrons. The summed E-state index contributed by atoms with van der Waals surface area (Å²) in [6.07, 6.45) is 3.39. The fourth-order valence-electron chi connectivity index (χ4n) is 6.60. The molecule has 0 aliphatic carbocycles. The van der Waals surface area contributed by atoms with E-state index in [1.165, 1.54) is 22.2 Å². The molecule has 0 bridgehead atoms. The maximum atomic E-state index is 14.5. The van der Waals surface area contributed by atoms with Crippen molar-refractivity contribution in [3.05, 3.63) is 93.6 Å². The van der Waals surface area contributed by atoms with Gasteiger partial charge in [-0.2, -0.15) is 18.3 Å². The van der Waals surface area contributed by atoms with E-state index in [0.717, 1.165) is 62.8 Å². The average Bonchev–Trinajstić information content (AvgIpc) is 3.89. The number of likely N-dealkylation sites (tertiary alicyclic amines) is 1. The van der Waals surface area contributed by atoms with E-state index in [0.29, 0.717) is 34.3 Å². The maximum absolute atomic E-state index is 14.5. The van der Waals surface area contributed by atoms with Gasteiger partial charge in [0, 0.05) is 59.7 Å². The second kappa shape index (κ2) is 13.2. The van der Waals surface area contributed by atoms with E-state index in [1.54, 1.807) is 24.8 Å². The summed E-state index contributed by atoms with van der Waals surface area (Å²) in [6, 6.07) is 7.70. The van der Waals surface area contributed by atoms with Crippen LogP contribution in [0.15, 0.2) is 54.4 Å². The first-order valence-electron chi connectivity index (χ1n) is 16.0. The van der Waals surface area contributed by atoms with Crippen LogP contribution in [0.1, 0.15) is 64.5 Å². The van der Waals surface area contributed by atoms with E-state index < -0.39 is 23.7 Å². The molecular weight excluding hydrogens is 639 g/mol. The zero-order valence-electron chi connectivity index (χ0n) is 26.3. The number of hydrogen-bond donors (Lipinski definition) is 2. The lowest BCUT2D eigenvalue weighted by Gasteiger charge is -2.31. The van der Waals surface area contributed by atoms with Crippen molar-refractivity contribution >= 4 is 33.3 Å². The monoisotopic (exact) mass is 673 g/mol. The number of aryl methyl sites for hydroxylation is 2. The largest absolute Gasteiger partial charge is 0.417 e. The number of piperidine rings is 1. The number of amides is 1. The Bertz CT molecular complexity index is 2000. The minimum absolute atomic E-state index is 0.110. The SMILES string of the molecule is Cc1c(C#Cc2ccc(CN3CCC(CO)CC3)cc2)cc(C(F)(F)F)c2cn(C(C(=O)Nc3nccs3)c3ncn4c3CCC4)nc12. The van der Waals surface area contributed by atoms with Gasteiger partial charge in [-0.15, -0.1) is 11.3 Å². The number of aliphatic hydroxyl groups excluding tert-OH is 1. The van der Waals surface area contributed by atoms with Crippen LogP contribution >= 0.6 is 11.3 Å². The summed E-state index contributed by atoms with van der Waals surface area (Å²) in [5.41, 5.74) is 3.09. The van der Waals surface area contributed by atoms with Crippen molar-refractivity contribution in [2.45, 2.75) is 57.9 Å². The fraction of sp³-hybridized carbons (Fsp3) is 0.371. The van der Waals surface area contributed by atoms with Crippen LogP contribution in [0.4, 0.5) is 18.3 Å². The zero-order chi connectivity index (χ0) is 33.4. The molecule has 3 aromatic heterocycles. The molecule has 5 aromatic rings. The van der Waals surface area contributed by atoms with Crippen LogP contribution in [-0.4, -0.2) is 59.9 Å². The number of nitrogens with one attached hydrogen (secondary N) is 1. The molecule has 7 rings (SSSR count). The van der Waals surface area contributed by atoms with Crippen LogP contribution in [0.25, 0.3) is 10.9 Å². The number of carbonyl (C=O) groups excluding carboxylic acids is 1. The Hall–Kier alpha value is -4.51. The summed E-state index contributed by atoms with van der Waals surface area (Å²) in [5, 5.41) is 18.8. The molecule has 9 nitrogen and oxygen atoms in total. The molecule has 1 amide bonds. The van der Waals surface area contributed by atoms with Gasteiger partial charge in [0.2, 0.25) is 0 Å². The third kappa shape index (κ3) is 6.48. The predicted molar refractivity (Wildman–Crippen MR) is 176 cm³/mol. The molecule has 48 heavy (non-hydrogen) atoms. The summed E-state index contributed by atoms with van der Waals surface area (Å²) >= 11 is 1.24. The number of hydrogen-bond acceptors (Lipinski definition) is 7. The second-order valence-electron chi connectivity index (χ2n) is 12.4. The van der Waals surface area contributed by atoms with E-state index in [4.69, 9.17) is 0 Å². The van der Waals surface area contributed by atoms with Crippen molar-refractivity contribution < 1.29 is 23.1 Å². The fourth-order valence-corrected chi connectivity index (χ4v) is 7.13. The number of halogens is 3. The molecule has 2 aliphatic heterocycles. The summed E-state index contributed by atoms with van der Waals surface area (Å²) in [4.78, 5) is 24.7. The first-order chi connectivity index (χ1) is 23.2. The van der Waals surface area contributed by atoms with Crippen molar-refractivity contribution in [2.75, 3.05) is 25.0 Å². The second-order valence-corrected chi connectivity index (χ2v) is 13.3. The van der Waals surface area contributed by atoms with Crippen LogP contribution < -0.4 is 5.32 Å². The molecule has 13 heteroatoms. The molecule has 2 N–H and O–H groups in total. The highest BCUT2D eigenvalue weighted by Gasteiger charge is 2.37. The molecule has 2 aromatic carbocycles. The highest BCUT2D eigenvalue weighted by atomic mass is 32.1.